The zero-order valence-corrected chi connectivity index (χ0v) is 19.3. The Kier molecular flexibility index (Phi) is 5.61. The van der Waals surface area contributed by atoms with E-state index in [0.29, 0.717) is 23.8 Å². The van der Waals surface area contributed by atoms with Gasteiger partial charge in [-0.15, -0.1) is 0 Å². The average molecular weight is 485 g/mol. The van der Waals surface area contributed by atoms with Gasteiger partial charge in [0, 0.05) is 18.7 Å². The predicted molar refractivity (Wildman–Crippen MR) is 129 cm³/mol. The van der Waals surface area contributed by atoms with Gasteiger partial charge in [-0.2, -0.15) is 0 Å². The second kappa shape index (κ2) is 9.09. The number of aromatic nitrogens is 1. The fourth-order valence-corrected chi connectivity index (χ4v) is 4.78. The van der Waals surface area contributed by atoms with Gasteiger partial charge in [-0.25, -0.2) is 9.88 Å². The van der Waals surface area contributed by atoms with Gasteiger partial charge in [-0.1, -0.05) is 12.1 Å². The van der Waals surface area contributed by atoms with Crippen LogP contribution in [0.5, 0.6) is 0 Å². The van der Waals surface area contributed by atoms with Crippen molar-refractivity contribution in [2.75, 3.05) is 18.1 Å². The molecule has 2 atom stereocenters. The number of carbonyl (C=O) groups is 3. The summed E-state index contributed by atoms with van der Waals surface area (Å²) < 4.78 is 16.8. The van der Waals surface area contributed by atoms with E-state index in [1.807, 2.05) is 24.3 Å². The molecule has 2 aromatic heterocycles. The number of hydrogen-bond acceptors (Lipinski definition) is 7. The van der Waals surface area contributed by atoms with E-state index < -0.39 is 17.9 Å². The summed E-state index contributed by atoms with van der Waals surface area (Å²) in [5.74, 6) is -0.688. The molecule has 36 heavy (non-hydrogen) atoms. The maximum absolute atomic E-state index is 13.5. The molecule has 4 aromatic rings. The first-order valence-electron chi connectivity index (χ1n) is 11.9. The third-order valence-electron chi connectivity index (χ3n) is 6.58. The summed E-state index contributed by atoms with van der Waals surface area (Å²) in [7, 11) is 0. The van der Waals surface area contributed by atoms with Crippen LogP contribution < -0.4 is 4.90 Å². The standard InChI is InChI=1S/C27H23N3O6/c31-24-15-21(29(16-19-5-3-13-34-19)27(33)23-8-4-14-35-23)26(32)30(24)18-11-9-17(10-12-18)25-28-20-6-1-2-7-22(20)36-25/h1-2,4,6-12,14,19,21H,3,5,13,15-16H2. The summed E-state index contributed by atoms with van der Waals surface area (Å²) in [6.45, 7) is 0.831. The van der Waals surface area contributed by atoms with Crippen LogP contribution in [0.4, 0.5) is 5.69 Å². The predicted octanol–water partition coefficient (Wildman–Crippen LogP) is 4.04. The van der Waals surface area contributed by atoms with Gasteiger partial charge in [0.15, 0.2) is 11.3 Å². The first kappa shape index (κ1) is 22.2. The number of imide groups is 1. The van der Waals surface area contributed by atoms with Crippen LogP contribution in [0.15, 0.2) is 75.8 Å². The van der Waals surface area contributed by atoms with Crippen LogP contribution in [0.2, 0.25) is 0 Å². The fourth-order valence-electron chi connectivity index (χ4n) is 4.78. The van der Waals surface area contributed by atoms with E-state index in [9.17, 15) is 14.4 Å². The first-order chi connectivity index (χ1) is 17.6. The van der Waals surface area contributed by atoms with Crippen LogP contribution in [0.1, 0.15) is 29.8 Å². The van der Waals surface area contributed by atoms with Crippen LogP contribution in [-0.4, -0.2) is 52.9 Å². The minimum Gasteiger partial charge on any atom is -0.459 e. The van der Waals surface area contributed by atoms with Gasteiger partial charge in [0.05, 0.1) is 24.5 Å². The molecular formula is C27H23N3O6. The van der Waals surface area contributed by atoms with Crippen molar-refractivity contribution in [2.24, 2.45) is 0 Å². The van der Waals surface area contributed by atoms with E-state index in [1.54, 1.807) is 36.4 Å². The van der Waals surface area contributed by atoms with Gasteiger partial charge in [0.2, 0.25) is 11.8 Å². The Labute approximate surface area is 206 Å². The lowest BCUT2D eigenvalue weighted by atomic mass is 10.1. The fraction of sp³-hybridized carbons (Fsp3) is 0.259. The van der Waals surface area contributed by atoms with Gasteiger partial charge < -0.3 is 18.5 Å². The summed E-state index contributed by atoms with van der Waals surface area (Å²) >= 11 is 0. The molecule has 2 fully saturated rings. The number of hydrogen-bond donors (Lipinski definition) is 0. The number of anilines is 1. The molecule has 2 aliphatic heterocycles. The minimum absolute atomic E-state index is 0.106. The van der Waals surface area contributed by atoms with Crippen LogP contribution in [0, 0.1) is 0 Å². The molecule has 182 valence electrons. The maximum atomic E-state index is 13.5. The van der Waals surface area contributed by atoms with E-state index in [0.717, 1.165) is 28.8 Å². The van der Waals surface area contributed by atoms with Crippen LogP contribution in [-0.2, 0) is 14.3 Å². The van der Waals surface area contributed by atoms with Crippen molar-refractivity contribution in [3.05, 3.63) is 72.7 Å². The minimum atomic E-state index is -0.934. The number of ether oxygens (including phenoxy) is 1. The molecule has 3 amide bonds. The smallest absolute Gasteiger partial charge is 0.290 e. The Morgan fingerprint density at radius 3 is 2.61 bits per heavy atom. The lowest BCUT2D eigenvalue weighted by Crippen LogP contribution is -2.48. The van der Waals surface area contributed by atoms with E-state index in [2.05, 4.69) is 4.98 Å². The maximum Gasteiger partial charge on any atom is 0.290 e. The van der Waals surface area contributed by atoms with E-state index in [1.165, 1.54) is 11.2 Å². The van der Waals surface area contributed by atoms with Crippen LogP contribution >= 0.6 is 0 Å². The molecule has 0 bridgehead atoms. The highest BCUT2D eigenvalue weighted by Crippen LogP contribution is 2.31. The molecule has 0 N–H and O–H groups in total. The van der Waals surface area contributed by atoms with Gasteiger partial charge in [0.1, 0.15) is 11.6 Å². The lowest BCUT2D eigenvalue weighted by molar-refractivity contribution is -0.122. The first-order valence-corrected chi connectivity index (χ1v) is 11.9. The Morgan fingerprint density at radius 2 is 1.89 bits per heavy atom. The number of oxazole rings is 1. The molecule has 2 aromatic carbocycles. The Hall–Kier alpha value is -4.24. The molecule has 2 aliphatic rings. The van der Waals surface area contributed by atoms with Crippen molar-refractivity contribution in [2.45, 2.75) is 31.4 Å². The SMILES string of the molecule is O=C1CC(N(CC2CCCO2)C(=O)c2ccco2)C(=O)N1c1ccc(-c2nc3ccccc3o2)cc1. The number of carbonyl (C=O) groups excluding carboxylic acids is 3. The highest BCUT2D eigenvalue weighted by atomic mass is 16.5. The quantitative estimate of drug-likeness (QED) is 0.380. The Bertz CT molecular complexity index is 1390. The highest BCUT2D eigenvalue weighted by molar-refractivity contribution is 6.23. The van der Waals surface area contributed by atoms with Crippen molar-refractivity contribution in [3.8, 4) is 11.5 Å². The molecule has 0 saturated carbocycles. The molecule has 0 aliphatic carbocycles. The number of fused-ring (bicyclic) bond motifs is 1. The zero-order chi connectivity index (χ0) is 24.6. The molecule has 0 radical (unpaired) electrons. The zero-order valence-electron chi connectivity index (χ0n) is 19.3. The monoisotopic (exact) mass is 485 g/mol. The van der Waals surface area contributed by atoms with E-state index >= 15 is 0 Å². The molecule has 9 heteroatoms. The summed E-state index contributed by atoms with van der Waals surface area (Å²) in [4.78, 5) is 46.8. The number of furan rings is 1. The number of amides is 3. The molecule has 4 heterocycles. The molecular weight excluding hydrogens is 462 g/mol. The van der Waals surface area contributed by atoms with Crippen LogP contribution in [0.3, 0.4) is 0 Å². The average Bonchev–Trinajstić information content (AvgIpc) is 3.70. The normalized spacial score (nSPS) is 19.9. The lowest BCUT2D eigenvalue weighted by Gasteiger charge is -2.29. The van der Waals surface area contributed by atoms with Crippen LogP contribution in [0.25, 0.3) is 22.6 Å². The van der Waals surface area contributed by atoms with Gasteiger partial charge in [-0.05, 0) is 61.4 Å². The molecule has 6 rings (SSSR count). The molecule has 9 nitrogen and oxygen atoms in total. The number of benzene rings is 2. The summed E-state index contributed by atoms with van der Waals surface area (Å²) in [6, 6.07) is 16.6. The van der Waals surface area contributed by atoms with Gasteiger partial charge >= 0.3 is 0 Å². The van der Waals surface area contributed by atoms with E-state index in [4.69, 9.17) is 13.6 Å². The Morgan fingerprint density at radius 1 is 1.06 bits per heavy atom. The molecule has 2 unspecified atom stereocenters. The Balaban J connectivity index is 1.25. The van der Waals surface area contributed by atoms with Crippen molar-refractivity contribution < 1.29 is 28.0 Å². The van der Waals surface area contributed by atoms with Crippen molar-refractivity contribution >= 4 is 34.5 Å². The highest BCUT2D eigenvalue weighted by Gasteiger charge is 2.45. The van der Waals surface area contributed by atoms with E-state index in [-0.39, 0.29) is 30.7 Å². The largest absolute Gasteiger partial charge is 0.459 e. The van der Waals surface area contributed by atoms with Gasteiger partial charge in [-0.3, -0.25) is 14.4 Å². The van der Waals surface area contributed by atoms with Crippen molar-refractivity contribution in [1.82, 2.24) is 9.88 Å². The van der Waals surface area contributed by atoms with Crippen molar-refractivity contribution in [3.63, 3.8) is 0 Å². The number of para-hydroxylation sites is 2. The molecule has 2 saturated heterocycles. The second-order valence-electron chi connectivity index (χ2n) is 8.89. The summed E-state index contributed by atoms with van der Waals surface area (Å²) in [5.41, 5.74) is 2.57. The van der Waals surface area contributed by atoms with Gasteiger partial charge in [0.25, 0.3) is 11.8 Å². The third-order valence-corrected chi connectivity index (χ3v) is 6.58. The molecule has 0 spiro atoms. The second-order valence-corrected chi connectivity index (χ2v) is 8.89. The summed E-state index contributed by atoms with van der Waals surface area (Å²) in [5, 5.41) is 0. The number of rotatable bonds is 6. The third kappa shape index (κ3) is 3.97. The topological polar surface area (TPSA) is 106 Å². The van der Waals surface area contributed by atoms with Crippen molar-refractivity contribution in [1.29, 1.82) is 0 Å². The number of nitrogens with zero attached hydrogens (tertiary/aromatic N) is 3. The summed E-state index contributed by atoms with van der Waals surface area (Å²) in [6.07, 6.45) is 2.80.